The summed E-state index contributed by atoms with van der Waals surface area (Å²) >= 11 is 0. The Kier molecular flexibility index (Phi) is 7.77. The van der Waals surface area contributed by atoms with Crippen LogP contribution in [-0.4, -0.2) is 19.9 Å². The first-order valence-electron chi connectivity index (χ1n) is 18.1. The van der Waals surface area contributed by atoms with Crippen LogP contribution < -0.4 is 0 Å². The quantitative estimate of drug-likeness (QED) is 0.163. The number of benzene rings is 7. The van der Waals surface area contributed by atoms with Crippen molar-refractivity contribution in [3.05, 3.63) is 195 Å². The smallest absolute Gasteiger partial charge is 0.160 e. The molecule has 0 aliphatic heterocycles. The lowest BCUT2D eigenvalue weighted by atomic mass is 9.85. The lowest BCUT2D eigenvalue weighted by molar-refractivity contribution is 1.18. The lowest BCUT2D eigenvalue weighted by Gasteiger charge is -2.18. The van der Waals surface area contributed by atoms with Gasteiger partial charge in [0.2, 0.25) is 0 Å². The Bertz CT molecular complexity index is 2940. The van der Waals surface area contributed by atoms with E-state index in [4.69, 9.17) is 15.0 Å². The molecular formula is C50H32N4. The van der Waals surface area contributed by atoms with Crippen molar-refractivity contribution >= 4 is 32.4 Å². The van der Waals surface area contributed by atoms with Crippen LogP contribution in [0.4, 0.5) is 0 Å². The Morgan fingerprint density at radius 3 is 1.59 bits per heavy atom. The molecule has 0 radical (unpaired) electrons. The molecule has 4 nitrogen and oxygen atoms in total. The molecule has 0 atom stereocenters. The molecule has 7 aromatic carbocycles. The van der Waals surface area contributed by atoms with E-state index < -0.39 is 0 Å². The maximum atomic E-state index is 5.27. The number of fused-ring (bicyclic) bond motifs is 3. The molecular weight excluding hydrogens is 657 g/mol. The molecule has 0 saturated heterocycles. The summed E-state index contributed by atoms with van der Waals surface area (Å²) in [5.74, 6) is 0.654. The van der Waals surface area contributed by atoms with Crippen LogP contribution in [0.2, 0.25) is 0 Å². The molecule has 3 heterocycles. The lowest BCUT2D eigenvalue weighted by Crippen LogP contribution is -1.97. The highest BCUT2D eigenvalue weighted by Gasteiger charge is 2.18. The van der Waals surface area contributed by atoms with Crippen LogP contribution in [0.3, 0.4) is 0 Å². The number of hydrogen-bond donors (Lipinski definition) is 0. The number of para-hydroxylation sites is 1. The standard InChI is InChI=1S/C50H32N4/c1-2-12-34(13-3-1)48-41-19-5-7-21-43(41)49(44-22-8-6-20-42(44)48)38-17-11-18-39(30-38)50-53-46(37-16-10-15-35(28-37)33-24-26-51-27-25-33)31-47(54-50)40-29-36-14-4-9-23-45(36)52-32-40/h1-32H. The topological polar surface area (TPSA) is 51.6 Å². The maximum Gasteiger partial charge on any atom is 0.160 e. The van der Waals surface area contributed by atoms with Gasteiger partial charge in [-0.1, -0.05) is 133 Å². The second kappa shape index (κ2) is 13.4. The number of pyridine rings is 2. The Morgan fingerprint density at radius 2 is 0.870 bits per heavy atom. The summed E-state index contributed by atoms with van der Waals surface area (Å²) in [6.07, 6.45) is 5.56. The van der Waals surface area contributed by atoms with E-state index in [1.165, 1.54) is 38.2 Å². The van der Waals surface area contributed by atoms with Crippen LogP contribution in [0, 0.1) is 0 Å². The molecule has 0 aliphatic rings. The van der Waals surface area contributed by atoms with E-state index in [1.54, 1.807) is 0 Å². The molecule has 0 amide bonds. The van der Waals surface area contributed by atoms with Crippen LogP contribution in [-0.2, 0) is 0 Å². The van der Waals surface area contributed by atoms with Gasteiger partial charge >= 0.3 is 0 Å². The second-order valence-electron chi connectivity index (χ2n) is 13.5. The highest BCUT2D eigenvalue weighted by molar-refractivity contribution is 6.21. The van der Waals surface area contributed by atoms with Crippen molar-refractivity contribution in [3.8, 4) is 67.3 Å². The molecule has 0 aliphatic carbocycles. The first kappa shape index (κ1) is 31.4. The molecule has 10 aromatic rings. The van der Waals surface area contributed by atoms with E-state index in [9.17, 15) is 0 Å². The molecule has 0 unspecified atom stereocenters. The summed E-state index contributed by atoms with van der Waals surface area (Å²) in [4.78, 5) is 19.5. The number of rotatable bonds is 6. The minimum atomic E-state index is 0.654. The molecule has 10 rings (SSSR count). The van der Waals surface area contributed by atoms with E-state index in [1.807, 2.05) is 48.9 Å². The number of aromatic nitrogens is 4. The monoisotopic (exact) mass is 688 g/mol. The van der Waals surface area contributed by atoms with Crippen molar-refractivity contribution in [2.45, 2.75) is 0 Å². The fraction of sp³-hybridized carbons (Fsp3) is 0. The minimum Gasteiger partial charge on any atom is -0.265 e. The fourth-order valence-corrected chi connectivity index (χ4v) is 7.65. The Hall–Kier alpha value is -7.30. The van der Waals surface area contributed by atoms with Gasteiger partial charge in [-0.2, -0.15) is 0 Å². The van der Waals surface area contributed by atoms with Crippen LogP contribution in [0.1, 0.15) is 0 Å². The van der Waals surface area contributed by atoms with Crippen molar-refractivity contribution in [1.82, 2.24) is 19.9 Å². The largest absolute Gasteiger partial charge is 0.265 e. The zero-order valence-electron chi connectivity index (χ0n) is 29.3. The van der Waals surface area contributed by atoms with Crippen molar-refractivity contribution < 1.29 is 0 Å². The van der Waals surface area contributed by atoms with Crippen molar-refractivity contribution in [2.24, 2.45) is 0 Å². The minimum absolute atomic E-state index is 0.654. The summed E-state index contributed by atoms with van der Waals surface area (Å²) in [7, 11) is 0. The van der Waals surface area contributed by atoms with E-state index in [2.05, 4.69) is 151 Å². The van der Waals surface area contributed by atoms with Crippen LogP contribution in [0.25, 0.3) is 99.7 Å². The first-order valence-corrected chi connectivity index (χ1v) is 18.1. The van der Waals surface area contributed by atoms with Gasteiger partial charge in [0.05, 0.1) is 16.9 Å². The van der Waals surface area contributed by atoms with E-state index in [-0.39, 0.29) is 0 Å². The van der Waals surface area contributed by atoms with Crippen molar-refractivity contribution in [3.63, 3.8) is 0 Å². The highest BCUT2D eigenvalue weighted by atomic mass is 14.9. The molecule has 0 spiro atoms. The zero-order valence-corrected chi connectivity index (χ0v) is 29.3. The van der Waals surface area contributed by atoms with Gasteiger partial charge in [0.15, 0.2) is 5.82 Å². The molecule has 252 valence electrons. The molecule has 3 aromatic heterocycles. The summed E-state index contributed by atoms with van der Waals surface area (Å²) in [5.41, 5.74) is 12.5. The van der Waals surface area contributed by atoms with E-state index >= 15 is 0 Å². The molecule has 0 N–H and O–H groups in total. The molecule has 0 saturated carbocycles. The Labute approximate surface area is 313 Å². The van der Waals surface area contributed by atoms with Gasteiger partial charge in [-0.05, 0) is 97.4 Å². The van der Waals surface area contributed by atoms with Crippen LogP contribution >= 0.6 is 0 Å². The van der Waals surface area contributed by atoms with Gasteiger partial charge in [-0.3, -0.25) is 9.97 Å². The van der Waals surface area contributed by atoms with Crippen molar-refractivity contribution in [1.29, 1.82) is 0 Å². The third-order valence-corrected chi connectivity index (χ3v) is 10.2. The molecule has 0 bridgehead atoms. The summed E-state index contributed by atoms with van der Waals surface area (Å²) in [6.45, 7) is 0. The summed E-state index contributed by atoms with van der Waals surface area (Å²) < 4.78 is 0. The summed E-state index contributed by atoms with van der Waals surface area (Å²) in [5, 5.41) is 5.92. The van der Waals surface area contributed by atoms with Gasteiger partial charge in [-0.25, -0.2) is 9.97 Å². The van der Waals surface area contributed by atoms with E-state index in [0.717, 1.165) is 55.7 Å². The van der Waals surface area contributed by atoms with Gasteiger partial charge in [0.25, 0.3) is 0 Å². The summed E-state index contributed by atoms with van der Waals surface area (Å²) in [6, 6.07) is 61.9. The van der Waals surface area contributed by atoms with E-state index in [0.29, 0.717) is 5.82 Å². The Balaban J connectivity index is 1.18. The van der Waals surface area contributed by atoms with Gasteiger partial charge in [0.1, 0.15) is 0 Å². The SMILES string of the molecule is c1ccc(-c2c3ccccc3c(-c3cccc(-c4nc(-c5cccc(-c6ccncc6)c5)cc(-c5cnc6ccccc6c5)n4)c3)c3ccccc23)cc1. The van der Waals surface area contributed by atoms with Gasteiger partial charge < -0.3 is 0 Å². The highest BCUT2D eigenvalue weighted by Crippen LogP contribution is 2.44. The number of nitrogens with zero attached hydrogens (tertiary/aromatic N) is 4. The molecule has 4 heteroatoms. The second-order valence-corrected chi connectivity index (χ2v) is 13.5. The third-order valence-electron chi connectivity index (χ3n) is 10.2. The average Bonchev–Trinajstić information content (AvgIpc) is 3.26. The predicted octanol–water partition coefficient (Wildman–Crippen LogP) is 12.7. The zero-order chi connectivity index (χ0) is 35.8. The molecule has 0 fully saturated rings. The van der Waals surface area contributed by atoms with Crippen LogP contribution in [0.5, 0.6) is 0 Å². The normalized spacial score (nSPS) is 11.3. The molecule has 54 heavy (non-hydrogen) atoms. The van der Waals surface area contributed by atoms with Crippen molar-refractivity contribution in [2.75, 3.05) is 0 Å². The first-order chi connectivity index (χ1) is 26.8. The fourth-order valence-electron chi connectivity index (χ4n) is 7.65. The van der Waals surface area contributed by atoms with Gasteiger partial charge in [-0.15, -0.1) is 0 Å². The van der Waals surface area contributed by atoms with Crippen LogP contribution in [0.15, 0.2) is 195 Å². The van der Waals surface area contributed by atoms with Gasteiger partial charge in [0, 0.05) is 40.7 Å². The Morgan fingerprint density at radius 1 is 0.333 bits per heavy atom. The maximum absolute atomic E-state index is 5.27. The average molecular weight is 689 g/mol. The predicted molar refractivity (Wildman–Crippen MR) is 223 cm³/mol. The third kappa shape index (κ3) is 5.67. The number of hydrogen-bond acceptors (Lipinski definition) is 4.